The first-order chi connectivity index (χ1) is 10.2. The van der Waals surface area contributed by atoms with E-state index in [1.807, 2.05) is 0 Å². The Morgan fingerprint density at radius 1 is 1.14 bits per heavy atom. The Labute approximate surface area is 126 Å². The van der Waals surface area contributed by atoms with Gasteiger partial charge in [-0.2, -0.15) is 15.0 Å². The summed E-state index contributed by atoms with van der Waals surface area (Å²) in [7, 11) is 2.18. The molecule has 0 radical (unpaired) electrons. The number of nitrogen functional groups attached to an aromatic ring is 1. The molecule has 7 nitrogen and oxygen atoms in total. The standard InChI is InChI=1S/C14H25N7/c1-20-6-4-5-11(10-20)9-16-13-17-12(15)18-14(19-13)21-7-2-3-8-21/h11H,2-10H2,1H3,(H3,15,16,17,18,19). The molecule has 21 heavy (non-hydrogen) atoms. The van der Waals surface area contributed by atoms with Crippen molar-refractivity contribution in [2.75, 3.05) is 55.7 Å². The van der Waals surface area contributed by atoms with Gasteiger partial charge in [-0.05, 0) is 45.2 Å². The maximum atomic E-state index is 5.82. The van der Waals surface area contributed by atoms with Crippen LogP contribution in [0.1, 0.15) is 25.7 Å². The molecule has 3 heterocycles. The number of anilines is 3. The third kappa shape index (κ3) is 3.72. The van der Waals surface area contributed by atoms with Gasteiger partial charge in [-0.15, -0.1) is 0 Å². The quantitative estimate of drug-likeness (QED) is 0.849. The third-order valence-electron chi connectivity index (χ3n) is 4.30. The fraction of sp³-hybridized carbons (Fsp3) is 0.786. The number of nitrogens with zero attached hydrogens (tertiary/aromatic N) is 5. The highest BCUT2D eigenvalue weighted by atomic mass is 15.3. The molecule has 2 aliphatic rings. The second-order valence-electron chi connectivity index (χ2n) is 6.16. The summed E-state index contributed by atoms with van der Waals surface area (Å²) in [6.45, 7) is 5.25. The molecule has 7 heteroatoms. The molecule has 1 aromatic rings. The molecule has 0 saturated carbocycles. The number of rotatable bonds is 4. The van der Waals surface area contributed by atoms with E-state index in [0.717, 1.165) is 26.2 Å². The number of piperidine rings is 1. The average Bonchev–Trinajstić information content (AvgIpc) is 2.99. The molecule has 0 amide bonds. The van der Waals surface area contributed by atoms with Crippen LogP contribution in [0.15, 0.2) is 0 Å². The molecular weight excluding hydrogens is 266 g/mol. The lowest BCUT2D eigenvalue weighted by molar-refractivity contribution is 0.217. The Balaban J connectivity index is 1.62. The lowest BCUT2D eigenvalue weighted by Crippen LogP contribution is -2.35. The summed E-state index contributed by atoms with van der Waals surface area (Å²) in [4.78, 5) is 17.5. The molecule has 1 atom stereocenters. The lowest BCUT2D eigenvalue weighted by atomic mass is 9.99. The zero-order valence-corrected chi connectivity index (χ0v) is 12.8. The number of nitrogens with one attached hydrogen (secondary N) is 1. The molecule has 3 N–H and O–H groups in total. The van der Waals surface area contributed by atoms with Crippen LogP contribution < -0.4 is 16.0 Å². The predicted molar refractivity (Wildman–Crippen MR) is 84.4 cm³/mol. The number of nitrogens with two attached hydrogens (primary N) is 1. The van der Waals surface area contributed by atoms with E-state index in [1.165, 1.54) is 32.2 Å². The fourth-order valence-corrected chi connectivity index (χ4v) is 3.19. The number of likely N-dealkylation sites (tertiary alicyclic amines) is 1. The summed E-state index contributed by atoms with van der Waals surface area (Å²) in [6, 6.07) is 0. The summed E-state index contributed by atoms with van der Waals surface area (Å²) >= 11 is 0. The number of aromatic nitrogens is 3. The van der Waals surface area contributed by atoms with E-state index in [1.54, 1.807) is 0 Å². The zero-order chi connectivity index (χ0) is 14.7. The summed E-state index contributed by atoms with van der Waals surface area (Å²) < 4.78 is 0. The largest absolute Gasteiger partial charge is 0.368 e. The highest BCUT2D eigenvalue weighted by Crippen LogP contribution is 2.19. The first-order valence-corrected chi connectivity index (χ1v) is 7.89. The Morgan fingerprint density at radius 2 is 1.95 bits per heavy atom. The summed E-state index contributed by atoms with van der Waals surface area (Å²) in [5.74, 6) is 2.27. The van der Waals surface area contributed by atoms with Crippen molar-refractivity contribution >= 4 is 17.8 Å². The topological polar surface area (TPSA) is 83.2 Å². The molecule has 2 aliphatic heterocycles. The minimum Gasteiger partial charge on any atom is -0.368 e. The highest BCUT2D eigenvalue weighted by molar-refractivity contribution is 5.42. The van der Waals surface area contributed by atoms with Gasteiger partial charge in [0.05, 0.1) is 0 Å². The monoisotopic (exact) mass is 291 g/mol. The van der Waals surface area contributed by atoms with Gasteiger partial charge in [-0.3, -0.25) is 0 Å². The predicted octanol–water partition coefficient (Wildman–Crippen LogP) is 0.808. The van der Waals surface area contributed by atoms with E-state index < -0.39 is 0 Å². The van der Waals surface area contributed by atoms with Crippen molar-refractivity contribution in [1.29, 1.82) is 0 Å². The molecule has 2 fully saturated rings. The van der Waals surface area contributed by atoms with Gasteiger partial charge in [0.15, 0.2) is 0 Å². The molecular formula is C14H25N7. The minimum atomic E-state index is 0.301. The van der Waals surface area contributed by atoms with E-state index in [0.29, 0.717) is 23.8 Å². The van der Waals surface area contributed by atoms with E-state index in [-0.39, 0.29) is 0 Å². The van der Waals surface area contributed by atoms with Crippen molar-refractivity contribution in [3.05, 3.63) is 0 Å². The Hall–Kier alpha value is -1.63. The normalized spacial score (nSPS) is 23.5. The van der Waals surface area contributed by atoms with Crippen molar-refractivity contribution in [2.24, 2.45) is 5.92 Å². The maximum Gasteiger partial charge on any atom is 0.231 e. The van der Waals surface area contributed by atoms with Crippen molar-refractivity contribution in [2.45, 2.75) is 25.7 Å². The smallest absolute Gasteiger partial charge is 0.231 e. The van der Waals surface area contributed by atoms with Crippen LogP contribution in [-0.4, -0.2) is 59.6 Å². The molecule has 0 aliphatic carbocycles. The third-order valence-corrected chi connectivity index (χ3v) is 4.30. The van der Waals surface area contributed by atoms with Crippen LogP contribution in [-0.2, 0) is 0 Å². The molecule has 1 aromatic heterocycles. The van der Waals surface area contributed by atoms with Crippen molar-refractivity contribution in [3.63, 3.8) is 0 Å². The first kappa shape index (κ1) is 14.3. The van der Waals surface area contributed by atoms with Crippen molar-refractivity contribution < 1.29 is 0 Å². The van der Waals surface area contributed by atoms with Crippen LogP contribution in [0.2, 0.25) is 0 Å². The fourth-order valence-electron chi connectivity index (χ4n) is 3.19. The molecule has 0 aromatic carbocycles. The van der Waals surface area contributed by atoms with E-state index in [9.17, 15) is 0 Å². The average molecular weight is 291 g/mol. The minimum absolute atomic E-state index is 0.301. The van der Waals surface area contributed by atoms with E-state index in [4.69, 9.17) is 5.73 Å². The van der Waals surface area contributed by atoms with Gasteiger partial charge in [0.25, 0.3) is 0 Å². The van der Waals surface area contributed by atoms with Crippen molar-refractivity contribution in [3.8, 4) is 0 Å². The lowest BCUT2D eigenvalue weighted by Gasteiger charge is -2.29. The number of hydrogen-bond donors (Lipinski definition) is 2. The molecule has 2 saturated heterocycles. The Bertz CT molecular complexity index is 472. The van der Waals surface area contributed by atoms with Gasteiger partial charge in [0.1, 0.15) is 0 Å². The Kier molecular flexibility index (Phi) is 4.38. The molecule has 116 valence electrons. The van der Waals surface area contributed by atoms with Crippen LogP contribution in [0.5, 0.6) is 0 Å². The first-order valence-electron chi connectivity index (χ1n) is 7.89. The van der Waals surface area contributed by atoms with Gasteiger partial charge in [-0.1, -0.05) is 0 Å². The SMILES string of the molecule is CN1CCCC(CNc2nc(N)nc(N3CCCC3)n2)C1. The van der Waals surface area contributed by atoms with Crippen LogP contribution in [0.3, 0.4) is 0 Å². The van der Waals surface area contributed by atoms with Gasteiger partial charge in [0, 0.05) is 26.2 Å². The van der Waals surface area contributed by atoms with Gasteiger partial charge < -0.3 is 20.9 Å². The molecule has 1 unspecified atom stereocenters. The highest BCUT2D eigenvalue weighted by Gasteiger charge is 2.19. The molecule has 0 spiro atoms. The summed E-state index contributed by atoms with van der Waals surface area (Å²) in [5, 5.41) is 3.34. The zero-order valence-electron chi connectivity index (χ0n) is 12.8. The van der Waals surface area contributed by atoms with E-state index in [2.05, 4.69) is 37.1 Å². The van der Waals surface area contributed by atoms with Gasteiger partial charge in [0.2, 0.25) is 17.8 Å². The Morgan fingerprint density at radius 3 is 2.71 bits per heavy atom. The molecule has 3 rings (SSSR count). The van der Waals surface area contributed by atoms with Crippen LogP contribution in [0, 0.1) is 5.92 Å². The van der Waals surface area contributed by atoms with Crippen LogP contribution in [0.25, 0.3) is 0 Å². The van der Waals surface area contributed by atoms with Crippen molar-refractivity contribution in [1.82, 2.24) is 19.9 Å². The summed E-state index contributed by atoms with van der Waals surface area (Å²) in [5.41, 5.74) is 5.82. The van der Waals surface area contributed by atoms with Gasteiger partial charge >= 0.3 is 0 Å². The number of hydrogen-bond acceptors (Lipinski definition) is 7. The second-order valence-corrected chi connectivity index (χ2v) is 6.16. The van der Waals surface area contributed by atoms with E-state index >= 15 is 0 Å². The second kappa shape index (κ2) is 6.43. The van der Waals surface area contributed by atoms with Crippen LogP contribution >= 0.6 is 0 Å². The van der Waals surface area contributed by atoms with Gasteiger partial charge in [-0.25, -0.2) is 0 Å². The summed E-state index contributed by atoms with van der Waals surface area (Å²) in [6.07, 6.45) is 4.92. The maximum absolute atomic E-state index is 5.82. The van der Waals surface area contributed by atoms with Crippen LogP contribution in [0.4, 0.5) is 17.8 Å². The molecule has 0 bridgehead atoms.